The number of anilines is 1. The molecule has 1 fully saturated rings. The van der Waals surface area contributed by atoms with Crippen LogP contribution in [-0.2, 0) is 16.1 Å². The average Bonchev–Trinajstić information content (AvgIpc) is 2.98. The van der Waals surface area contributed by atoms with E-state index in [1.807, 2.05) is 12.1 Å². The molecule has 5 nitrogen and oxygen atoms in total. The normalized spacial score (nSPS) is 16.8. The monoisotopic (exact) mass is 358 g/mol. The Morgan fingerprint density at radius 3 is 2.52 bits per heavy atom. The molecule has 1 aliphatic heterocycles. The van der Waals surface area contributed by atoms with E-state index in [-0.39, 0.29) is 24.2 Å². The van der Waals surface area contributed by atoms with Gasteiger partial charge in [0.15, 0.2) is 0 Å². The summed E-state index contributed by atoms with van der Waals surface area (Å²) in [7, 11) is 1.59. The quantitative estimate of drug-likeness (QED) is 0.891. The first-order chi connectivity index (χ1) is 12.0. The Bertz CT molecular complexity index is 759. The molecule has 1 unspecified atom stereocenters. The molecule has 1 N–H and O–H groups in total. The van der Waals surface area contributed by atoms with E-state index in [2.05, 4.69) is 5.32 Å². The molecular formula is C19H19ClN2O3. The zero-order chi connectivity index (χ0) is 17.8. The number of methoxy groups -OCH3 is 1. The van der Waals surface area contributed by atoms with Gasteiger partial charge in [-0.15, -0.1) is 0 Å². The van der Waals surface area contributed by atoms with Gasteiger partial charge in [0.05, 0.1) is 13.0 Å². The predicted molar refractivity (Wildman–Crippen MR) is 96.6 cm³/mol. The number of carbonyl (C=O) groups excluding carboxylic acids is 2. The van der Waals surface area contributed by atoms with Gasteiger partial charge in [-0.05, 0) is 42.0 Å². The predicted octanol–water partition coefficient (Wildman–Crippen LogP) is 3.34. The van der Waals surface area contributed by atoms with Crippen molar-refractivity contribution in [2.24, 2.45) is 5.92 Å². The molecule has 1 saturated heterocycles. The maximum atomic E-state index is 12.4. The van der Waals surface area contributed by atoms with Crippen LogP contribution in [0, 0.1) is 5.92 Å². The molecule has 2 aromatic carbocycles. The highest BCUT2D eigenvalue weighted by atomic mass is 35.5. The molecule has 6 heteroatoms. The third-order valence-corrected chi connectivity index (χ3v) is 4.48. The summed E-state index contributed by atoms with van der Waals surface area (Å²) < 4.78 is 5.09. The number of benzene rings is 2. The van der Waals surface area contributed by atoms with Gasteiger partial charge in [-0.25, -0.2) is 0 Å². The second-order valence-electron chi connectivity index (χ2n) is 6.02. The lowest BCUT2D eigenvalue weighted by Gasteiger charge is -2.17. The summed E-state index contributed by atoms with van der Waals surface area (Å²) in [5.74, 6) is 0.229. The van der Waals surface area contributed by atoms with E-state index in [0.717, 1.165) is 11.3 Å². The van der Waals surface area contributed by atoms with Crippen molar-refractivity contribution in [1.82, 2.24) is 4.90 Å². The average molecular weight is 359 g/mol. The minimum Gasteiger partial charge on any atom is -0.497 e. The molecule has 3 rings (SSSR count). The Morgan fingerprint density at radius 1 is 1.20 bits per heavy atom. The summed E-state index contributed by atoms with van der Waals surface area (Å²) in [6.45, 7) is 0.908. The van der Waals surface area contributed by atoms with Crippen LogP contribution in [0.1, 0.15) is 12.0 Å². The smallest absolute Gasteiger partial charge is 0.229 e. The molecule has 2 amide bonds. The van der Waals surface area contributed by atoms with Gasteiger partial charge in [-0.3, -0.25) is 9.59 Å². The summed E-state index contributed by atoms with van der Waals surface area (Å²) >= 11 is 5.88. The van der Waals surface area contributed by atoms with Crippen molar-refractivity contribution in [3.8, 4) is 5.75 Å². The van der Waals surface area contributed by atoms with E-state index >= 15 is 0 Å². The molecule has 2 aromatic rings. The van der Waals surface area contributed by atoms with E-state index in [4.69, 9.17) is 16.3 Å². The Hall–Kier alpha value is -2.53. The van der Waals surface area contributed by atoms with Crippen LogP contribution in [0.4, 0.5) is 5.69 Å². The lowest BCUT2D eigenvalue weighted by Crippen LogP contribution is -2.28. The van der Waals surface area contributed by atoms with Gasteiger partial charge in [-0.1, -0.05) is 23.7 Å². The van der Waals surface area contributed by atoms with Crippen molar-refractivity contribution in [1.29, 1.82) is 0 Å². The second kappa shape index (κ2) is 7.57. The van der Waals surface area contributed by atoms with Crippen molar-refractivity contribution in [2.45, 2.75) is 13.0 Å². The van der Waals surface area contributed by atoms with Crippen LogP contribution in [-0.4, -0.2) is 30.4 Å². The fourth-order valence-electron chi connectivity index (χ4n) is 2.83. The first-order valence-electron chi connectivity index (χ1n) is 8.02. The van der Waals surface area contributed by atoms with Gasteiger partial charge in [0, 0.05) is 30.2 Å². The number of nitrogens with zero attached hydrogens (tertiary/aromatic N) is 1. The van der Waals surface area contributed by atoms with Crippen molar-refractivity contribution in [3.05, 3.63) is 59.1 Å². The molecule has 0 bridgehead atoms. The van der Waals surface area contributed by atoms with Crippen molar-refractivity contribution < 1.29 is 14.3 Å². The van der Waals surface area contributed by atoms with Gasteiger partial charge < -0.3 is 15.0 Å². The lowest BCUT2D eigenvalue weighted by molar-refractivity contribution is -0.128. The number of carbonyl (C=O) groups is 2. The highest BCUT2D eigenvalue weighted by molar-refractivity contribution is 6.30. The van der Waals surface area contributed by atoms with Crippen molar-refractivity contribution in [2.75, 3.05) is 19.0 Å². The number of rotatable bonds is 5. The summed E-state index contributed by atoms with van der Waals surface area (Å²) in [5, 5.41) is 3.52. The number of hydrogen-bond donors (Lipinski definition) is 1. The Kier molecular flexibility index (Phi) is 5.24. The van der Waals surface area contributed by atoms with Crippen molar-refractivity contribution >= 4 is 29.1 Å². The third-order valence-electron chi connectivity index (χ3n) is 4.23. The minimum atomic E-state index is -0.345. The molecule has 130 valence electrons. The van der Waals surface area contributed by atoms with Gasteiger partial charge >= 0.3 is 0 Å². The van der Waals surface area contributed by atoms with Gasteiger partial charge in [0.1, 0.15) is 5.75 Å². The van der Waals surface area contributed by atoms with Gasteiger partial charge in [-0.2, -0.15) is 0 Å². The van der Waals surface area contributed by atoms with Crippen LogP contribution in [0.25, 0.3) is 0 Å². The number of nitrogens with one attached hydrogen (secondary N) is 1. The number of likely N-dealkylation sites (tertiary alicyclic amines) is 1. The largest absolute Gasteiger partial charge is 0.497 e. The van der Waals surface area contributed by atoms with Crippen LogP contribution in [0.2, 0.25) is 5.02 Å². The molecule has 25 heavy (non-hydrogen) atoms. The summed E-state index contributed by atoms with van der Waals surface area (Å²) in [4.78, 5) is 26.3. The molecule has 0 saturated carbocycles. The first kappa shape index (κ1) is 17.3. The molecular weight excluding hydrogens is 340 g/mol. The first-order valence-corrected chi connectivity index (χ1v) is 8.40. The van der Waals surface area contributed by atoms with Crippen LogP contribution >= 0.6 is 11.6 Å². The van der Waals surface area contributed by atoms with Crippen molar-refractivity contribution in [3.63, 3.8) is 0 Å². The molecule has 0 aliphatic carbocycles. The fourth-order valence-corrected chi connectivity index (χ4v) is 2.96. The molecule has 0 aromatic heterocycles. The molecule has 1 heterocycles. The minimum absolute atomic E-state index is 0.00942. The van der Waals surface area contributed by atoms with Crippen LogP contribution < -0.4 is 10.1 Å². The topological polar surface area (TPSA) is 58.6 Å². The van der Waals surface area contributed by atoms with Gasteiger partial charge in [0.25, 0.3) is 0 Å². The summed E-state index contributed by atoms with van der Waals surface area (Å²) in [5.41, 5.74) is 1.68. The van der Waals surface area contributed by atoms with Crippen LogP contribution in [0.3, 0.4) is 0 Å². The summed E-state index contributed by atoms with van der Waals surface area (Å²) in [6.07, 6.45) is 0.232. The number of hydrogen-bond acceptors (Lipinski definition) is 3. The Morgan fingerprint density at radius 2 is 1.88 bits per heavy atom. The molecule has 0 spiro atoms. The van der Waals surface area contributed by atoms with Crippen LogP contribution in [0.5, 0.6) is 5.75 Å². The summed E-state index contributed by atoms with van der Waals surface area (Å²) in [6, 6.07) is 14.5. The van der Waals surface area contributed by atoms with E-state index < -0.39 is 0 Å². The standard InChI is InChI=1S/C19H19ClN2O3/c1-25-17-8-6-16(7-9-17)21-19(24)14-10-18(23)22(12-14)11-13-2-4-15(20)5-3-13/h2-9,14H,10-12H2,1H3,(H,21,24). The Balaban J connectivity index is 1.59. The SMILES string of the molecule is COc1ccc(NC(=O)C2CC(=O)N(Cc3ccc(Cl)cc3)C2)cc1. The molecule has 1 atom stereocenters. The van der Waals surface area contributed by atoms with Gasteiger partial charge in [0.2, 0.25) is 11.8 Å². The van der Waals surface area contributed by atoms with E-state index in [1.165, 1.54) is 0 Å². The fraction of sp³-hybridized carbons (Fsp3) is 0.263. The maximum Gasteiger partial charge on any atom is 0.229 e. The zero-order valence-electron chi connectivity index (χ0n) is 13.9. The number of amides is 2. The third kappa shape index (κ3) is 4.31. The van der Waals surface area contributed by atoms with E-state index in [0.29, 0.717) is 23.8 Å². The lowest BCUT2D eigenvalue weighted by atomic mass is 10.1. The highest BCUT2D eigenvalue weighted by Gasteiger charge is 2.34. The zero-order valence-corrected chi connectivity index (χ0v) is 14.6. The second-order valence-corrected chi connectivity index (χ2v) is 6.46. The maximum absolute atomic E-state index is 12.4. The van der Waals surface area contributed by atoms with E-state index in [1.54, 1.807) is 48.4 Å². The number of ether oxygens (including phenoxy) is 1. The molecule has 0 radical (unpaired) electrons. The molecule has 1 aliphatic rings. The number of halogens is 1. The highest BCUT2D eigenvalue weighted by Crippen LogP contribution is 2.23. The van der Waals surface area contributed by atoms with E-state index in [9.17, 15) is 9.59 Å². The Labute approximate surface area is 151 Å². The van der Waals surface area contributed by atoms with Crippen LogP contribution in [0.15, 0.2) is 48.5 Å².